The number of carbonyl (C=O) groups is 1. The van der Waals surface area contributed by atoms with Crippen molar-refractivity contribution >= 4 is 17.3 Å². The van der Waals surface area contributed by atoms with E-state index in [0.29, 0.717) is 6.42 Å². The van der Waals surface area contributed by atoms with Crippen LogP contribution in [0.5, 0.6) is 0 Å². The zero-order valence-electron chi connectivity index (χ0n) is 8.50. The number of hydrogen-bond donors (Lipinski definition) is 1. The summed E-state index contributed by atoms with van der Waals surface area (Å²) in [5, 5.41) is 12.1. The molecule has 0 bridgehead atoms. The van der Waals surface area contributed by atoms with Crippen LogP contribution >= 0.6 is 11.3 Å². The summed E-state index contributed by atoms with van der Waals surface area (Å²) < 4.78 is 0. The molecule has 4 heteroatoms. The van der Waals surface area contributed by atoms with Crippen molar-refractivity contribution < 1.29 is 9.90 Å². The largest absolute Gasteiger partial charge is 0.481 e. The van der Waals surface area contributed by atoms with Gasteiger partial charge in [0.1, 0.15) is 5.41 Å². The predicted molar refractivity (Wildman–Crippen MR) is 54.6 cm³/mol. The Hall–Kier alpha value is -0.900. The number of carboxylic acids is 1. The third-order valence-electron chi connectivity index (χ3n) is 3.16. The lowest BCUT2D eigenvalue weighted by atomic mass is 9.93. The number of carboxylic acid groups (broad SMARTS) is 1. The van der Waals surface area contributed by atoms with Crippen LogP contribution in [-0.2, 0) is 10.2 Å². The van der Waals surface area contributed by atoms with Crippen LogP contribution < -0.4 is 0 Å². The SMILES string of the molecule is Cc1nc(C2(C(=O)O)CC2(C)C)cs1. The molecule has 1 heterocycles. The topological polar surface area (TPSA) is 50.2 Å². The number of aryl methyl sites for hydroxylation is 1. The molecule has 1 N–H and O–H groups in total. The minimum absolute atomic E-state index is 0.153. The summed E-state index contributed by atoms with van der Waals surface area (Å²) in [4.78, 5) is 15.6. The minimum Gasteiger partial charge on any atom is -0.481 e. The summed E-state index contributed by atoms with van der Waals surface area (Å²) in [6.45, 7) is 5.87. The van der Waals surface area contributed by atoms with Crippen molar-refractivity contribution in [3.05, 3.63) is 16.1 Å². The first kappa shape index (κ1) is 9.65. The van der Waals surface area contributed by atoms with Crippen molar-refractivity contribution in [1.29, 1.82) is 0 Å². The zero-order chi connectivity index (χ0) is 10.6. The molecule has 0 aromatic carbocycles. The molecular weight excluding hydrogens is 198 g/mol. The first-order valence-corrected chi connectivity index (χ1v) is 5.44. The smallest absolute Gasteiger partial charge is 0.316 e. The normalized spacial score (nSPS) is 28.8. The Morgan fingerprint density at radius 3 is 2.50 bits per heavy atom. The van der Waals surface area contributed by atoms with E-state index < -0.39 is 11.4 Å². The first-order chi connectivity index (χ1) is 6.40. The van der Waals surface area contributed by atoms with Crippen molar-refractivity contribution in [1.82, 2.24) is 4.98 Å². The molecule has 1 atom stereocenters. The molecule has 3 nitrogen and oxygen atoms in total. The second-order valence-electron chi connectivity index (χ2n) is 4.52. The van der Waals surface area contributed by atoms with E-state index in [-0.39, 0.29) is 5.41 Å². The second-order valence-corrected chi connectivity index (χ2v) is 5.59. The van der Waals surface area contributed by atoms with E-state index in [1.165, 1.54) is 11.3 Å². The highest BCUT2D eigenvalue weighted by Crippen LogP contribution is 2.64. The molecule has 1 fully saturated rings. The number of nitrogens with zero attached hydrogens (tertiary/aromatic N) is 1. The molecule has 0 radical (unpaired) electrons. The Bertz CT molecular complexity index is 397. The quantitative estimate of drug-likeness (QED) is 0.816. The Labute approximate surface area is 86.8 Å². The van der Waals surface area contributed by atoms with Crippen LogP contribution in [0.4, 0.5) is 0 Å². The molecule has 76 valence electrons. The van der Waals surface area contributed by atoms with Crippen molar-refractivity contribution in [3.8, 4) is 0 Å². The molecule has 1 aliphatic rings. The Balaban J connectivity index is 2.46. The highest BCUT2D eigenvalue weighted by Gasteiger charge is 2.69. The third kappa shape index (κ3) is 1.03. The van der Waals surface area contributed by atoms with Crippen molar-refractivity contribution in [3.63, 3.8) is 0 Å². The van der Waals surface area contributed by atoms with Gasteiger partial charge in [-0.3, -0.25) is 4.79 Å². The minimum atomic E-state index is -0.743. The van der Waals surface area contributed by atoms with Gasteiger partial charge in [-0.05, 0) is 18.8 Å². The average Bonchev–Trinajstić information content (AvgIpc) is 2.44. The second kappa shape index (κ2) is 2.57. The van der Waals surface area contributed by atoms with Gasteiger partial charge in [-0.2, -0.15) is 0 Å². The molecule has 1 unspecified atom stereocenters. The summed E-state index contributed by atoms with van der Waals surface area (Å²) in [6.07, 6.45) is 0.693. The van der Waals surface area contributed by atoms with E-state index in [4.69, 9.17) is 0 Å². The number of hydrogen-bond acceptors (Lipinski definition) is 3. The summed E-state index contributed by atoms with van der Waals surface area (Å²) in [6, 6.07) is 0. The summed E-state index contributed by atoms with van der Waals surface area (Å²) in [5.74, 6) is -0.743. The van der Waals surface area contributed by atoms with E-state index in [1.807, 2.05) is 26.2 Å². The highest BCUT2D eigenvalue weighted by atomic mass is 32.1. The Morgan fingerprint density at radius 1 is 1.64 bits per heavy atom. The van der Waals surface area contributed by atoms with Crippen molar-refractivity contribution in [2.75, 3.05) is 0 Å². The lowest BCUT2D eigenvalue weighted by Gasteiger charge is -2.12. The number of aliphatic carboxylic acids is 1. The highest BCUT2D eigenvalue weighted by molar-refractivity contribution is 7.09. The molecule has 14 heavy (non-hydrogen) atoms. The lowest BCUT2D eigenvalue weighted by molar-refractivity contribution is -0.141. The first-order valence-electron chi connectivity index (χ1n) is 4.56. The average molecular weight is 211 g/mol. The summed E-state index contributed by atoms with van der Waals surface area (Å²) in [5.41, 5.74) is -0.144. The summed E-state index contributed by atoms with van der Waals surface area (Å²) >= 11 is 1.51. The molecule has 2 rings (SSSR count). The predicted octanol–water partition coefficient (Wildman–Crippen LogP) is 2.20. The Morgan fingerprint density at radius 2 is 2.21 bits per heavy atom. The molecule has 0 spiro atoms. The Kier molecular flexibility index (Phi) is 1.77. The van der Waals surface area contributed by atoms with Crippen molar-refractivity contribution in [2.45, 2.75) is 32.6 Å². The molecule has 0 amide bonds. The molecule has 0 aliphatic heterocycles. The van der Waals surface area contributed by atoms with Crippen LogP contribution in [0.15, 0.2) is 5.38 Å². The van der Waals surface area contributed by atoms with E-state index in [2.05, 4.69) is 4.98 Å². The van der Waals surface area contributed by atoms with Gasteiger partial charge in [0.2, 0.25) is 0 Å². The van der Waals surface area contributed by atoms with Crippen LogP contribution in [0.1, 0.15) is 31.0 Å². The third-order valence-corrected chi connectivity index (χ3v) is 3.93. The van der Waals surface area contributed by atoms with Crippen LogP contribution in [0.25, 0.3) is 0 Å². The maximum absolute atomic E-state index is 11.3. The van der Waals surface area contributed by atoms with E-state index >= 15 is 0 Å². The molecule has 1 aliphatic carbocycles. The fourth-order valence-electron chi connectivity index (χ4n) is 2.09. The maximum Gasteiger partial charge on any atom is 0.316 e. The molecule has 1 saturated carbocycles. The number of aromatic nitrogens is 1. The number of rotatable bonds is 2. The van der Waals surface area contributed by atoms with Gasteiger partial charge < -0.3 is 5.11 Å². The van der Waals surface area contributed by atoms with Gasteiger partial charge >= 0.3 is 5.97 Å². The summed E-state index contributed by atoms with van der Waals surface area (Å²) in [7, 11) is 0. The van der Waals surface area contributed by atoms with Crippen LogP contribution in [-0.4, -0.2) is 16.1 Å². The van der Waals surface area contributed by atoms with Crippen LogP contribution in [0, 0.1) is 12.3 Å². The molecule has 1 aromatic rings. The van der Waals surface area contributed by atoms with Crippen LogP contribution in [0.2, 0.25) is 0 Å². The lowest BCUT2D eigenvalue weighted by Crippen LogP contribution is -2.25. The maximum atomic E-state index is 11.3. The standard InChI is InChI=1S/C10H13NO2S/c1-6-11-7(4-14-6)10(8(12)13)5-9(10,2)3/h4H,5H2,1-3H3,(H,12,13). The van der Waals surface area contributed by atoms with Gasteiger partial charge in [-0.15, -0.1) is 11.3 Å². The van der Waals surface area contributed by atoms with Crippen LogP contribution in [0.3, 0.4) is 0 Å². The van der Waals surface area contributed by atoms with E-state index in [1.54, 1.807) is 0 Å². The van der Waals surface area contributed by atoms with Gasteiger partial charge in [0.15, 0.2) is 0 Å². The van der Waals surface area contributed by atoms with Gasteiger partial charge in [0.25, 0.3) is 0 Å². The monoisotopic (exact) mass is 211 g/mol. The molecule has 1 aromatic heterocycles. The number of thiazole rings is 1. The van der Waals surface area contributed by atoms with Crippen molar-refractivity contribution in [2.24, 2.45) is 5.41 Å². The van der Waals surface area contributed by atoms with Gasteiger partial charge in [0, 0.05) is 5.38 Å². The fraction of sp³-hybridized carbons (Fsp3) is 0.600. The molecule has 0 saturated heterocycles. The zero-order valence-corrected chi connectivity index (χ0v) is 9.31. The van der Waals surface area contributed by atoms with E-state index in [9.17, 15) is 9.90 Å². The fourth-order valence-corrected chi connectivity index (χ4v) is 2.78. The van der Waals surface area contributed by atoms with Gasteiger partial charge in [0.05, 0.1) is 10.7 Å². The van der Waals surface area contributed by atoms with E-state index in [0.717, 1.165) is 10.7 Å². The molecular formula is C10H13NO2S. The van der Waals surface area contributed by atoms with Gasteiger partial charge in [-0.1, -0.05) is 13.8 Å². The van der Waals surface area contributed by atoms with Gasteiger partial charge in [-0.25, -0.2) is 4.98 Å².